The summed E-state index contributed by atoms with van der Waals surface area (Å²) >= 11 is 0. The average Bonchev–Trinajstić information content (AvgIpc) is 3.12. The molecule has 0 aromatic heterocycles. The van der Waals surface area contributed by atoms with Crippen molar-refractivity contribution in [2.45, 2.75) is 25.9 Å². The summed E-state index contributed by atoms with van der Waals surface area (Å²) in [6.45, 7) is 0.766. The van der Waals surface area contributed by atoms with Crippen molar-refractivity contribution in [2.75, 3.05) is 18.0 Å². The summed E-state index contributed by atoms with van der Waals surface area (Å²) in [7, 11) is 0. The first-order chi connectivity index (χ1) is 13.1. The van der Waals surface area contributed by atoms with Gasteiger partial charge in [0.25, 0.3) is 0 Å². The summed E-state index contributed by atoms with van der Waals surface area (Å²) < 4.78 is 5.12. The SMILES string of the molecule is O=C(Cc1ccc(N2CCCC2=O)cc1)NCC(=O)OCc1ccccc1. The number of nitrogens with one attached hydrogen (secondary N) is 1. The molecule has 0 unspecified atom stereocenters. The van der Waals surface area contributed by atoms with Crippen molar-refractivity contribution in [1.82, 2.24) is 5.32 Å². The molecule has 0 spiro atoms. The molecule has 1 aliphatic rings. The van der Waals surface area contributed by atoms with Crippen LogP contribution in [0.5, 0.6) is 0 Å². The van der Waals surface area contributed by atoms with E-state index >= 15 is 0 Å². The number of hydrogen-bond donors (Lipinski definition) is 1. The second-order valence-electron chi connectivity index (χ2n) is 6.42. The predicted molar refractivity (Wildman–Crippen MR) is 101 cm³/mol. The van der Waals surface area contributed by atoms with Crippen molar-refractivity contribution >= 4 is 23.5 Å². The number of esters is 1. The van der Waals surface area contributed by atoms with Gasteiger partial charge in [-0.05, 0) is 29.7 Å². The molecule has 6 heteroatoms. The Morgan fingerprint density at radius 3 is 2.41 bits per heavy atom. The van der Waals surface area contributed by atoms with E-state index in [-0.39, 0.29) is 31.4 Å². The molecular formula is C21H22N2O4. The molecular weight excluding hydrogens is 344 g/mol. The van der Waals surface area contributed by atoms with Crippen molar-refractivity contribution in [3.05, 3.63) is 65.7 Å². The number of hydrogen-bond acceptors (Lipinski definition) is 4. The molecule has 2 amide bonds. The van der Waals surface area contributed by atoms with Gasteiger partial charge in [0.2, 0.25) is 11.8 Å². The highest BCUT2D eigenvalue weighted by molar-refractivity contribution is 5.95. The van der Waals surface area contributed by atoms with Crippen LogP contribution in [0, 0.1) is 0 Å². The van der Waals surface area contributed by atoms with Gasteiger partial charge in [0.15, 0.2) is 0 Å². The fraction of sp³-hybridized carbons (Fsp3) is 0.286. The minimum Gasteiger partial charge on any atom is -0.460 e. The van der Waals surface area contributed by atoms with Crippen molar-refractivity contribution in [3.63, 3.8) is 0 Å². The van der Waals surface area contributed by atoms with Crippen LogP contribution in [0.25, 0.3) is 0 Å². The van der Waals surface area contributed by atoms with Gasteiger partial charge in [0, 0.05) is 18.7 Å². The predicted octanol–water partition coefficient (Wildman–Crippen LogP) is 2.22. The van der Waals surface area contributed by atoms with Crippen LogP contribution in [0.3, 0.4) is 0 Å². The molecule has 3 rings (SSSR count). The zero-order valence-electron chi connectivity index (χ0n) is 15.0. The summed E-state index contributed by atoms with van der Waals surface area (Å²) in [5.41, 5.74) is 2.57. The van der Waals surface area contributed by atoms with Crippen LogP contribution in [-0.4, -0.2) is 30.9 Å². The molecule has 0 atom stereocenters. The number of carbonyl (C=O) groups is 3. The van der Waals surface area contributed by atoms with Crippen LogP contribution in [0.15, 0.2) is 54.6 Å². The average molecular weight is 366 g/mol. The van der Waals surface area contributed by atoms with Gasteiger partial charge in [-0.2, -0.15) is 0 Å². The van der Waals surface area contributed by atoms with E-state index in [1.807, 2.05) is 54.6 Å². The van der Waals surface area contributed by atoms with Crippen LogP contribution < -0.4 is 10.2 Å². The maximum Gasteiger partial charge on any atom is 0.325 e. The highest BCUT2D eigenvalue weighted by Crippen LogP contribution is 2.21. The molecule has 1 fully saturated rings. The van der Waals surface area contributed by atoms with Gasteiger partial charge in [-0.15, -0.1) is 0 Å². The van der Waals surface area contributed by atoms with Crippen LogP contribution in [0.2, 0.25) is 0 Å². The van der Waals surface area contributed by atoms with Crippen LogP contribution in [0.4, 0.5) is 5.69 Å². The third-order valence-electron chi connectivity index (χ3n) is 4.36. The number of amides is 2. The van der Waals surface area contributed by atoms with Gasteiger partial charge in [-0.1, -0.05) is 42.5 Å². The van der Waals surface area contributed by atoms with E-state index in [4.69, 9.17) is 4.74 Å². The van der Waals surface area contributed by atoms with Crippen molar-refractivity contribution in [1.29, 1.82) is 0 Å². The first kappa shape index (κ1) is 18.6. The molecule has 0 bridgehead atoms. The number of anilines is 1. The van der Waals surface area contributed by atoms with Crippen LogP contribution in [-0.2, 0) is 32.1 Å². The number of benzene rings is 2. The largest absolute Gasteiger partial charge is 0.460 e. The van der Waals surface area contributed by atoms with Crippen LogP contribution in [0.1, 0.15) is 24.0 Å². The maximum atomic E-state index is 12.0. The van der Waals surface area contributed by atoms with Gasteiger partial charge in [0.05, 0.1) is 6.42 Å². The smallest absolute Gasteiger partial charge is 0.325 e. The number of nitrogens with zero attached hydrogens (tertiary/aromatic N) is 1. The summed E-state index contributed by atoms with van der Waals surface area (Å²) in [6, 6.07) is 16.7. The molecule has 1 aliphatic heterocycles. The minimum absolute atomic E-state index is 0.134. The second kappa shape index (κ2) is 8.98. The molecule has 2 aromatic carbocycles. The lowest BCUT2D eigenvalue weighted by Gasteiger charge is -2.15. The van der Waals surface area contributed by atoms with E-state index in [2.05, 4.69) is 5.32 Å². The normalized spacial score (nSPS) is 13.5. The number of ether oxygens (including phenoxy) is 1. The Kier molecular flexibility index (Phi) is 6.20. The Balaban J connectivity index is 1.41. The number of rotatable bonds is 7. The Labute approximate surface area is 158 Å². The third-order valence-corrected chi connectivity index (χ3v) is 4.36. The Hall–Kier alpha value is -3.15. The molecule has 0 aliphatic carbocycles. The van der Waals surface area contributed by atoms with Crippen molar-refractivity contribution in [2.24, 2.45) is 0 Å². The maximum absolute atomic E-state index is 12.0. The van der Waals surface area contributed by atoms with Gasteiger partial charge in [0.1, 0.15) is 13.2 Å². The molecule has 2 aromatic rings. The van der Waals surface area contributed by atoms with E-state index in [9.17, 15) is 14.4 Å². The molecule has 1 saturated heterocycles. The molecule has 0 saturated carbocycles. The fourth-order valence-electron chi connectivity index (χ4n) is 2.92. The first-order valence-electron chi connectivity index (χ1n) is 8.97. The van der Waals surface area contributed by atoms with Crippen molar-refractivity contribution < 1.29 is 19.1 Å². The topological polar surface area (TPSA) is 75.7 Å². The van der Waals surface area contributed by atoms with E-state index in [0.29, 0.717) is 6.42 Å². The van der Waals surface area contributed by atoms with E-state index < -0.39 is 5.97 Å². The second-order valence-corrected chi connectivity index (χ2v) is 6.42. The van der Waals surface area contributed by atoms with Gasteiger partial charge >= 0.3 is 5.97 Å². The molecule has 1 N–H and O–H groups in total. The minimum atomic E-state index is -0.477. The highest BCUT2D eigenvalue weighted by Gasteiger charge is 2.21. The summed E-state index contributed by atoms with van der Waals surface area (Å²) in [5, 5.41) is 2.57. The zero-order chi connectivity index (χ0) is 19.1. The van der Waals surface area contributed by atoms with E-state index in [0.717, 1.165) is 29.8 Å². The van der Waals surface area contributed by atoms with Crippen LogP contribution >= 0.6 is 0 Å². The Bertz CT molecular complexity index is 803. The lowest BCUT2D eigenvalue weighted by Crippen LogP contribution is -2.31. The Morgan fingerprint density at radius 1 is 1.00 bits per heavy atom. The van der Waals surface area contributed by atoms with Gasteiger partial charge in [-0.3, -0.25) is 14.4 Å². The monoisotopic (exact) mass is 366 g/mol. The highest BCUT2D eigenvalue weighted by atomic mass is 16.5. The molecule has 6 nitrogen and oxygen atoms in total. The quantitative estimate of drug-likeness (QED) is 0.763. The zero-order valence-corrected chi connectivity index (χ0v) is 15.0. The summed E-state index contributed by atoms with van der Waals surface area (Å²) in [5.74, 6) is -0.596. The Morgan fingerprint density at radius 2 is 1.74 bits per heavy atom. The standard InChI is InChI=1S/C21H22N2O4/c24-19(22-14-21(26)27-15-17-5-2-1-3-6-17)13-16-8-10-18(11-9-16)23-12-4-7-20(23)25/h1-3,5-6,8-11H,4,7,12-15H2,(H,22,24). The van der Waals surface area contributed by atoms with Gasteiger partial charge in [-0.25, -0.2) is 0 Å². The lowest BCUT2D eigenvalue weighted by molar-refractivity contribution is -0.145. The van der Waals surface area contributed by atoms with E-state index in [1.54, 1.807) is 4.90 Å². The molecule has 27 heavy (non-hydrogen) atoms. The number of carbonyl (C=O) groups excluding carboxylic acids is 3. The third kappa shape index (κ3) is 5.41. The molecule has 1 heterocycles. The van der Waals surface area contributed by atoms with Gasteiger partial charge < -0.3 is 15.0 Å². The molecule has 0 radical (unpaired) electrons. The fourth-order valence-corrected chi connectivity index (χ4v) is 2.92. The van der Waals surface area contributed by atoms with Crippen molar-refractivity contribution in [3.8, 4) is 0 Å². The first-order valence-corrected chi connectivity index (χ1v) is 8.97. The molecule has 140 valence electrons. The lowest BCUT2D eigenvalue weighted by atomic mass is 10.1. The van der Waals surface area contributed by atoms with E-state index in [1.165, 1.54) is 0 Å². The summed E-state index contributed by atoms with van der Waals surface area (Å²) in [6.07, 6.45) is 1.63. The summed E-state index contributed by atoms with van der Waals surface area (Å²) in [4.78, 5) is 37.2.